The Morgan fingerprint density at radius 2 is 2.00 bits per heavy atom. The molecule has 0 saturated carbocycles. The smallest absolute Gasteiger partial charge is 0.250 e. The molecule has 1 atom stereocenters. The molecule has 1 aromatic heterocycles. The third-order valence-corrected chi connectivity index (χ3v) is 5.09. The molecule has 2 aromatic rings. The van der Waals surface area contributed by atoms with Gasteiger partial charge in [-0.3, -0.25) is 30.6 Å². The Bertz CT molecular complexity index is 1050. The molecule has 2 heterocycles. The van der Waals surface area contributed by atoms with Gasteiger partial charge >= 0.3 is 0 Å². The minimum absolute atomic E-state index is 0.0814. The summed E-state index contributed by atoms with van der Waals surface area (Å²) in [5, 5.41) is 2.35. The van der Waals surface area contributed by atoms with Gasteiger partial charge in [-0.05, 0) is 48.1 Å². The van der Waals surface area contributed by atoms with Crippen molar-refractivity contribution in [2.24, 2.45) is 5.92 Å². The van der Waals surface area contributed by atoms with Crippen LogP contribution >= 0.6 is 12.2 Å². The zero-order valence-corrected chi connectivity index (χ0v) is 18.9. The lowest BCUT2D eigenvalue weighted by Gasteiger charge is -2.15. The number of furan rings is 1. The molecule has 0 aliphatic carbocycles. The summed E-state index contributed by atoms with van der Waals surface area (Å²) in [6.45, 7) is 0.574. The number of ether oxygens (including phenoxy) is 2. The van der Waals surface area contributed by atoms with Crippen LogP contribution in [0.3, 0.4) is 0 Å². The third-order valence-electron chi connectivity index (χ3n) is 4.88. The monoisotopic (exact) mass is 472 g/mol. The Balaban J connectivity index is 1.43. The Morgan fingerprint density at radius 3 is 2.70 bits per heavy atom. The summed E-state index contributed by atoms with van der Waals surface area (Å²) < 4.78 is 15.6. The molecule has 33 heavy (non-hydrogen) atoms. The number of thiocarbonyl (C=S) groups is 1. The molecule has 0 bridgehead atoms. The fraction of sp³-hybridized carbons (Fsp3) is 0.273. The first-order valence-electron chi connectivity index (χ1n) is 10.0. The van der Waals surface area contributed by atoms with E-state index in [4.69, 9.17) is 26.1 Å². The van der Waals surface area contributed by atoms with Gasteiger partial charge in [0, 0.05) is 19.0 Å². The van der Waals surface area contributed by atoms with E-state index in [0.29, 0.717) is 23.8 Å². The number of carbonyl (C=O) groups is 3. The number of likely N-dealkylation sites (tertiary alicyclic amines) is 1. The van der Waals surface area contributed by atoms with Crippen LogP contribution in [0.5, 0.6) is 11.5 Å². The SMILES string of the molecule is COc1ccc(/C=C/C(=O)NC(=S)NNC(=O)C2CC(=O)N(Cc3ccco3)C2)cc1OC. The van der Waals surface area contributed by atoms with E-state index < -0.39 is 17.7 Å². The molecule has 10 nitrogen and oxygen atoms in total. The first-order valence-corrected chi connectivity index (χ1v) is 10.4. The van der Waals surface area contributed by atoms with Crippen molar-refractivity contribution >= 4 is 41.1 Å². The van der Waals surface area contributed by atoms with Crippen LogP contribution in [0.4, 0.5) is 0 Å². The van der Waals surface area contributed by atoms with E-state index in [1.54, 1.807) is 41.3 Å². The van der Waals surface area contributed by atoms with E-state index in [-0.39, 0.29) is 24.0 Å². The highest BCUT2D eigenvalue weighted by atomic mass is 32.1. The molecule has 0 spiro atoms. The lowest BCUT2D eigenvalue weighted by atomic mass is 10.1. The first kappa shape index (κ1) is 23.8. The largest absolute Gasteiger partial charge is 0.493 e. The maximum atomic E-state index is 12.4. The summed E-state index contributed by atoms with van der Waals surface area (Å²) in [6, 6.07) is 8.71. The number of amides is 3. The van der Waals surface area contributed by atoms with Crippen LogP contribution in [-0.2, 0) is 20.9 Å². The van der Waals surface area contributed by atoms with E-state index >= 15 is 0 Å². The maximum absolute atomic E-state index is 12.4. The molecule has 11 heteroatoms. The highest BCUT2D eigenvalue weighted by Crippen LogP contribution is 2.28. The highest BCUT2D eigenvalue weighted by Gasteiger charge is 2.34. The van der Waals surface area contributed by atoms with Crippen molar-refractivity contribution in [3.8, 4) is 11.5 Å². The number of methoxy groups -OCH3 is 2. The summed E-state index contributed by atoms with van der Waals surface area (Å²) in [5.41, 5.74) is 5.63. The Kier molecular flexibility index (Phi) is 8.03. The lowest BCUT2D eigenvalue weighted by molar-refractivity contribution is -0.129. The molecular weight excluding hydrogens is 448 g/mol. The fourth-order valence-corrected chi connectivity index (χ4v) is 3.38. The molecule has 0 radical (unpaired) electrons. The quantitative estimate of drug-likeness (QED) is 0.314. The minimum Gasteiger partial charge on any atom is -0.493 e. The summed E-state index contributed by atoms with van der Waals surface area (Å²) in [5.74, 6) is 0.194. The van der Waals surface area contributed by atoms with Gasteiger partial charge in [-0.25, -0.2) is 0 Å². The van der Waals surface area contributed by atoms with Crippen LogP contribution in [0.25, 0.3) is 6.08 Å². The van der Waals surface area contributed by atoms with Gasteiger partial charge in [0.2, 0.25) is 17.7 Å². The molecule has 1 unspecified atom stereocenters. The summed E-state index contributed by atoms with van der Waals surface area (Å²) in [7, 11) is 3.06. The van der Waals surface area contributed by atoms with Crippen molar-refractivity contribution in [2.45, 2.75) is 13.0 Å². The standard InChI is InChI=1S/C22H24N4O6S/c1-30-17-7-5-14(10-18(17)31-2)6-8-19(27)23-22(33)25-24-21(29)15-11-20(28)26(12-15)13-16-4-3-9-32-16/h3-10,15H,11-13H2,1-2H3,(H,24,29)(H2,23,25,27,33)/b8-6+. The van der Waals surface area contributed by atoms with Gasteiger partial charge in [0.1, 0.15) is 5.76 Å². The molecular formula is C22H24N4O6S. The molecule has 1 aliphatic rings. The van der Waals surface area contributed by atoms with Crippen molar-refractivity contribution in [2.75, 3.05) is 20.8 Å². The average molecular weight is 473 g/mol. The summed E-state index contributed by atoms with van der Waals surface area (Å²) in [6.07, 6.45) is 4.49. The van der Waals surface area contributed by atoms with Crippen LogP contribution < -0.4 is 25.6 Å². The topological polar surface area (TPSA) is 122 Å². The zero-order valence-electron chi connectivity index (χ0n) is 18.1. The van der Waals surface area contributed by atoms with Crippen molar-refractivity contribution in [1.82, 2.24) is 21.1 Å². The number of carbonyl (C=O) groups excluding carboxylic acids is 3. The van der Waals surface area contributed by atoms with Crippen molar-refractivity contribution in [3.05, 3.63) is 54.0 Å². The average Bonchev–Trinajstić information content (AvgIpc) is 3.46. The van der Waals surface area contributed by atoms with Crippen LogP contribution in [0.1, 0.15) is 17.7 Å². The van der Waals surface area contributed by atoms with Gasteiger partial charge in [0.25, 0.3) is 0 Å². The van der Waals surface area contributed by atoms with E-state index in [0.717, 1.165) is 5.56 Å². The number of benzene rings is 1. The molecule has 174 valence electrons. The molecule has 1 saturated heterocycles. The van der Waals surface area contributed by atoms with Crippen molar-refractivity contribution in [1.29, 1.82) is 0 Å². The Morgan fingerprint density at radius 1 is 1.21 bits per heavy atom. The Hall–Kier alpha value is -3.86. The zero-order chi connectivity index (χ0) is 23.8. The van der Waals surface area contributed by atoms with Crippen LogP contribution in [0.15, 0.2) is 47.1 Å². The molecule has 1 fully saturated rings. The minimum atomic E-state index is -0.539. The third kappa shape index (κ3) is 6.56. The summed E-state index contributed by atoms with van der Waals surface area (Å²) in [4.78, 5) is 38.2. The van der Waals surface area contributed by atoms with Gasteiger partial charge in [-0.1, -0.05) is 6.07 Å². The Labute approximate surface area is 195 Å². The lowest BCUT2D eigenvalue weighted by Crippen LogP contribution is -2.50. The number of hydrogen-bond donors (Lipinski definition) is 3. The van der Waals surface area contributed by atoms with Crippen LogP contribution in [-0.4, -0.2) is 48.5 Å². The van der Waals surface area contributed by atoms with E-state index in [1.165, 1.54) is 26.6 Å². The van der Waals surface area contributed by atoms with Crippen LogP contribution in [0.2, 0.25) is 0 Å². The predicted molar refractivity (Wildman–Crippen MR) is 123 cm³/mol. The highest BCUT2D eigenvalue weighted by molar-refractivity contribution is 7.80. The second kappa shape index (κ2) is 11.1. The predicted octanol–water partition coefficient (Wildman–Crippen LogP) is 1.38. The molecule has 3 N–H and O–H groups in total. The number of nitrogens with zero attached hydrogens (tertiary/aromatic N) is 1. The molecule has 1 aromatic carbocycles. The molecule has 1 aliphatic heterocycles. The number of rotatable bonds is 7. The number of nitrogens with one attached hydrogen (secondary N) is 3. The van der Waals surface area contributed by atoms with E-state index in [1.807, 2.05) is 0 Å². The molecule has 3 amide bonds. The maximum Gasteiger partial charge on any atom is 0.250 e. The molecule has 3 rings (SSSR count). The summed E-state index contributed by atoms with van der Waals surface area (Å²) >= 11 is 5.03. The van der Waals surface area contributed by atoms with Crippen molar-refractivity contribution < 1.29 is 28.3 Å². The second-order valence-corrected chi connectivity index (χ2v) is 7.54. The van der Waals surface area contributed by atoms with E-state index in [2.05, 4.69) is 16.2 Å². The van der Waals surface area contributed by atoms with Gasteiger partial charge < -0.3 is 18.8 Å². The second-order valence-electron chi connectivity index (χ2n) is 7.14. The van der Waals surface area contributed by atoms with Gasteiger partial charge in [-0.2, -0.15) is 0 Å². The van der Waals surface area contributed by atoms with Crippen molar-refractivity contribution in [3.63, 3.8) is 0 Å². The van der Waals surface area contributed by atoms with Gasteiger partial charge in [0.05, 0.1) is 32.9 Å². The van der Waals surface area contributed by atoms with Gasteiger partial charge in [-0.15, -0.1) is 0 Å². The fourth-order valence-electron chi connectivity index (χ4n) is 3.22. The van der Waals surface area contributed by atoms with Crippen LogP contribution in [0, 0.1) is 5.92 Å². The number of hydrogen-bond acceptors (Lipinski definition) is 7. The first-order chi connectivity index (χ1) is 15.9. The van der Waals surface area contributed by atoms with E-state index in [9.17, 15) is 14.4 Å². The number of hydrazine groups is 1. The normalized spacial score (nSPS) is 15.4. The van der Waals surface area contributed by atoms with Gasteiger partial charge in [0.15, 0.2) is 16.6 Å².